The highest BCUT2D eigenvalue weighted by Crippen LogP contribution is 2.53. The third-order valence-corrected chi connectivity index (χ3v) is 6.60. The molecule has 2 aromatic rings. The third-order valence-electron chi connectivity index (χ3n) is 6.60. The molecule has 144 valence electrons. The van der Waals surface area contributed by atoms with Gasteiger partial charge in [0.25, 0.3) is 0 Å². The smallest absolute Gasteiger partial charge is 0.154 e. The average Bonchev–Trinajstić information content (AvgIpc) is 2.71. The molecule has 0 spiro atoms. The Morgan fingerprint density at radius 2 is 1.68 bits per heavy atom. The fourth-order valence-corrected chi connectivity index (χ4v) is 5.63. The maximum atomic E-state index is 13.5. The minimum Gasteiger partial charge on any atom is -0.490 e. The summed E-state index contributed by atoms with van der Waals surface area (Å²) < 4.78 is 5.63. The molecule has 0 aliphatic carbocycles. The van der Waals surface area contributed by atoms with Crippen molar-refractivity contribution in [1.29, 1.82) is 0 Å². The summed E-state index contributed by atoms with van der Waals surface area (Å²) in [5, 5.41) is 0. The maximum Gasteiger partial charge on any atom is 0.154 e. The zero-order valence-corrected chi connectivity index (χ0v) is 16.3. The van der Waals surface area contributed by atoms with Crippen molar-refractivity contribution in [2.75, 3.05) is 32.8 Å². The van der Waals surface area contributed by atoms with E-state index in [1.54, 1.807) is 6.08 Å². The molecule has 0 radical (unpaired) electrons. The second-order valence-corrected chi connectivity index (χ2v) is 8.69. The predicted octanol–water partition coefficient (Wildman–Crippen LogP) is 3.41. The number of piperidine rings is 2. The van der Waals surface area contributed by atoms with Crippen LogP contribution in [0.2, 0.25) is 0 Å². The molecule has 2 unspecified atom stereocenters. The first kappa shape index (κ1) is 17.7. The highest BCUT2D eigenvalue weighted by molar-refractivity contribution is 5.97. The average molecular weight is 374 g/mol. The number of nitrogens with zero attached hydrogens (tertiary/aromatic N) is 2. The summed E-state index contributed by atoms with van der Waals surface area (Å²) in [5.74, 6) is 1.28. The number of carbonyl (C=O) groups excluding carboxylic acids is 1. The van der Waals surface area contributed by atoms with Crippen LogP contribution in [0.1, 0.15) is 24.2 Å². The van der Waals surface area contributed by atoms with E-state index in [0.29, 0.717) is 12.4 Å². The Morgan fingerprint density at radius 1 is 1.04 bits per heavy atom. The number of hydrogen-bond acceptors (Lipinski definition) is 4. The first-order valence-electron chi connectivity index (χ1n) is 9.98. The van der Waals surface area contributed by atoms with E-state index in [4.69, 9.17) is 4.74 Å². The summed E-state index contributed by atoms with van der Waals surface area (Å²) >= 11 is 0. The minimum atomic E-state index is -0.407. The summed E-state index contributed by atoms with van der Waals surface area (Å²) in [6.07, 6.45) is 1.98. The number of Topliss-reactive ketones (excluding diaryl/α,β-unsaturated/α-hetero) is 1. The van der Waals surface area contributed by atoms with Gasteiger partial charge in [-0.1, -0.05) is 62.0 Å². The lowest BCUT2D eigenvalue weighted by molar-refractivity contribution is -0.185. The number of ketones is 1. The Kier molecular flexibility index (Phi) is 3.97. The van der Waals surface area contributed by atoms with Crippen LogP contribution in [0.15, 0.2) is 67.3 Å². The molecule has 4 aliphatic heterocycles. The topological polar surface area (TPSA) is 32.8 Å². The number of rotatable bonds is 5. The first-order valence-corrected chi connectivity index (χ1v) is 9.98. The Balaban J connectivity index is 1.48. The zero-order valence-electron chi connectivity index (χ0n) is 16.3. The molecule has 28 heavy (non-hydrogen) atoms. The fraction of sp³-hybridized carbons (Fsp3) is 0.375. The molecule has 4 heterocycles. The highest BCUT2D eigenvalue weighted by atomic mass is 16.5. The molecule has 4 heteroatoms. The largest absolute Gasteiger partial charge is 0.490 e. The van der Waals surface area contributed by atoms with Gasteiger partial charge in [0.1, 0.15) is 12.4 Å². The fourth-order valence-electron chi connectivity index (χ4n) is 5.63. The molecule has 0 N–H and O–H groups in total. The first-order chi connectivity index (χ1) is 13.6. The number of hydrogen-bond donors (Lipinski definition) is 0. The van der Waals surface area contributed by atoms with Gasteiger partial charge in [0, 0.05) is 26.2 Å². The summed E-state index contributed by atoms with van der Waals surface area (Å²) in [5.41, 5.74) is 1.72. The van der Waals surface area contributed by atoms with Crippen molar-refractivity contribution in [2.45, 2.75) is 18.5 Å². The molecule has 0 amide bonds. The SMILES string of the molecule is C=CCOc1ccc(C2N3CC4(C)CN2CC(c2ccccc2)(C3)C4=O)cc1. The van der Waals surface area contributed by atoms with Gasteiger partial charge in [0.2, 0.25) is 0 Å². The molecule has 6 rings (SSSR count). The molecular weight excluding hydrogens is 348 g/mol. The van der Waals surface area contributed by atoms with Crippen LogP contribution in [0.3, 0.4) is 0 Å². The van der Waals surface area contributed by atoms with Crippen LogP contribution in [-0.2, 0) is 10.2 Å². The molecule has 4 nitrogen and oxygen atoms in total. The Bertz CT molecular complexity index is 890. The summed E-state index contributed by atoms with van der Waals surface area (Å²) in [7, 11) is 0. The van der Waals surface area contributed by atoms with Crippen molar-refractivity contribution in [3.05, 3.63) is 78.4 Å². The van der Waals surface area contributed by atoms with E-state index < -0.39 is 5.41 Å². The number of benzene rings is 2. The van der Waals surface area contributed by atoms with Crippen LogP contribution in [0.25, 0.3) is 0 Å². The number of ether oxygens (including phenoxy) is 1. The van der Waals surface area contributed by atoms with E-state index in [0.717, 1.165) is 37.5 Å². The minimum absolute atomic E-state index is 0.228. The molecule has 4 fully saturated rings. The van der Waals surface area contributed by atoms with Crippen LogP contribution >= 0.6 is 0 Å². The summed E-state index contributed by atoms with van der Waals surface area (Å²) in [6.45, 7) is 9.60. The van der Waals surface area contributed by atoms with E-state index in [2.05, 4.69) is 47.6 Å². The Morgan fingerprint density at radius 3 is 2.29 bits per heavy atom. The summed E-state index contributed by atoms with van der Waals surface area (Å²) in [4.78, 5) is 18.5. The van der Waals surface area contributed by atoms with Crippen molar-refractivity contribution >= 4 is 5.78 Å². The maximum absolute atomic E-state index is 13.5. The van der Waals surface area contributed by atoms with Crippen LogP contribution < -0.4 is 4.74 Å². The second kappa shape index (κ2) is 6.29. The van der Waals surface area contributed by atoms with Gasteiger partial charge in [-0.15, -0.1) is 0 Å². The predicted molar refractivity (Wildman–Crippen MR) is 109 cm³/mol. The quantitative estimate of drug-likeness (QED) is 0.751. The van der Waals surface area contributed by atoms with Crippen molar-refractivity contribution in [3.63, 3.8) is 0 Å². The van der Waals surface area contributed by atoms with Gasteiger partial charge < -0.3 is 4.74 Å². The van der Waals surface area contributed by atoms with Gasteiger partial charge in [-0.2, -0.15) is 0 Å². The Labute approximate surface area is 166 Å². The molecule has 0 aromatic heterocycles. The van der Waals surface area contributed by atoms with Crippen molar-refractivity contribution in [3.8, 4) is 5.75 Å². The van der Waals surface area contributed by atoms with Crippen molar-refractivity contribution in [1.82, 2.24) is 9.80 Å². The lowest BCUT2D eigenvalue weighted by atomic mass is 9.58. The zero-order chi connectivity index (χ0) is 19.4. The molecule has 0 saturated carbocycles. The van der Waals surface area contributed by atoms with E-state index in [1.165, 1.54) is 5.56 Å². The van der Waals surface area contributed by atoms with Gasteiger partial charge in [-0.05, 0) is 23.3 Å². The van der Waals surface area contributed by atoms with Crippen LogP contribution in [0.4, 0.5) is 0 Å². The monoisotopic (exact) mass is 374 g/mol. The van der Waals surface area contributed by atoms with Gasteiger partial charge in [-0.3, -0.25) is 14.6 Å². The molecule has 2 atom stereocenters. The van der Waals surface area contributed by atoms with E-state index in [-0.39, 0.29) is 11.6 Å². The molecular formula is C24H26N2O2. The lowest BCUT2D eigenvalue weighted by Gasteiger charge is -2.65. The number of carbonyl (C=O) groups is 1. The van der Waals surface area contributed by atoms with Crippen molar-refractivity contribution in [2.24, 2.45) is 5.41 Å². The lowest BCUT2D eigenvalue weighted by Crippen LogP contribution is -2.77. The Hall–Kier alpha value is -2.43. The second-order valence-electron chi connectivity index (χ2n) is 8.69. The van der Waals surface area contributed by atoms with E-state index in [1.807, 2.05) is 30.3 Å². The van der Waals surface area contributed by atoms with Crippen LogP contribution in [0, 0.1) is 5.41 Å². The van der Waals surface area contributed by atoms with Gasteiger partial charge in [-0.25, -0.2) is 0 Å². The van der Waals surface area contributed by atoms with Gasteiger partial charge >= 0.3 is 0 Å². The van der Waals surface area contributed by atoms with Crippen molar-refractivity contribution < 1.29 is 9.53 Å². The highest BCUT2D eigenvalue weighted by Gasteiger charge is 2.64. The standard InChI is InChI=1S/C24H26N2O2/c1-3-13-28-20-11-9-18(10-12-20)21-25-14-23(2)15-26(21)17-24(16-25,22(23)27)19-7-5-4-6-8-19/h3-12,21H,1,13-17H2,2H3. The molecule has 4 bridgehead atoms. The van der Waals surface area contributed by atoms with Gasteiger partial charge in [0.15, 0.2) is 5.78 Å². The third kappa shape index (κ3) is 2.48. The van der Waals surface area contributed by atoms with Crippen LogP contribution in [0.5, 0.6) is 5.75 Å². The molecule has 4 aliphatic rings. The molecule has 4 saturated heterocycles. The normalized spacial score (nSPS) is 35.8. The van der Waals surface area contributed by atoms with E-state index in [9.17, 15) is 4.79 Å². The van der Waals surface area contributed by atoms with Crippen LogP contribution in [-0.4, -0.2) is 48.4 Å². The van der Waals surface area contributed by atoms with Gasteiger partial charge in [0.05, 0.1) is 17.0 Å². The summed E-state index contributed by atoms with van der Waals surface area (Å²) in [6, 6.07) is 18.7. The van der Waals surface area contributed by atoms with E-state index >= 15 is 0 Å². The molecule has 2 aromatic carbocycles.